The summed E-state index contributed by atoms with van der Waals surface area (Å²) in [6.07, 6.45) is 4.52. The molecule has 0 aliphatic carbocycles. The van der Waals surface area contributed by atoms with Crippen molar-refractivity contribution in [3.8, 4) is 0 Å². The second kappa shape index (κ2) is 7.22. The first kappa shape index (κ1) is 18.3. The van der Waals surface area contributed by atoms with Gasteiger partial charge >= 0.3 is 0 Å². The third-order valence-electron chi connectivity index (χ3n) is 3.50. The summed E-state index contributed by atoms with van der Waals surface area (Å²) in [6.45, 7) is 8.08. The molecule has 1 unspecified atom stereocenters. The maximum atomic E-state index is 12.4. The van der Waals surface area contributed by atoms with Gasteiger partial charge in [0.2, 0.25) is 5.91 Å². The Kier molecular flexibility index (Phi) is 5.74. The Morgan fingerprint density at radius 3 is 2.65 bits per heavy atom. The van der Waals surface area contributed by atoms with E-state index in [2.05, 4.69) is 51.4 Å². The molecule has 0 aliphatic heterocycles. The first-order valence-corrected chi connectivity index (χ1v) is 9.67. The highest BCUT2D eigenvalue weighted by atomic mass is 79.9. The van der Waals surface area contributed by atoms with Gasteiger partial charge in [0, 0.05) is 21.6 Å². The Morgan fingerprint density at radius 1 is 1.35 bits per heavy atom. The number of nitrogens with one attached hydrogen (secondary N) is 1. The fourth-order valence-corrected chi connectivity index (χ4v) is 3.53. The number of nitrogens with zero attached hydrogens (tertiary/aromatic N) is 1. The largest absolute Gasteiger partial charge is 0.351 e. The third kappa shape index (κ3) is 4.95. The van der Waals surface area contributed by atoms with Crippen LogP contribution in [0.5, 0.6) is 0 Å². The van der Waals surface area contributed by atoms with Gasteiger partial charge in [0.05, 0.1) is 10.8 Å². The second-order valence-electron chi connectivity index (χ2n) is 6.81. The molecule has 1 N–H and O–H groups in total. The van der Waals surface area contributed by atoms with Crippen molar-refractivity contribution in [3.05, 3.63) is 40.0 Å². The number of hydrogen-bond donors (Lipinski definition) is 1. The van der Waals surface area contributed by atoms with Crippen molar-refractivity contribution in [3.63, 3.8) is 0 Å². The average Bonchev–Trinajstić information content (AvgIpc) is 2.42. The Balaban J connectivity index is 2.27. The van der Waals surface area contributed by atoms with Crippen molar-refractivity contribution in [2.45, 2.75) is 44.9 Å². The number of benzene rings is 1. The van der Waals surface area contributed by atoms with Crippen LogP contribution >= 0.6 is 27.7 Å². The van der Waals surface area contributed by atoms with Gasteiger partial charge in [-0.15, -0.1) is 0 Å². The number of hydrogen-bond acceptors (Lipinski definition) is 3. The van der Waals surface area contributed by atoms with Crippen LogP contribution in [0.3, 0.4) is 0 Å². The predicted molar refractivity (Wildman–Crippen MR) is 103 cm³/mol. The average molecular weight is 395 g/mol. The molecule has 1 amide bonds. The lowest BCUT2D eigenvalue weighted by Gasteiger charge is -2.24. The highest BCUT2D eigenvalue weighted by Crippen LogP contribution is 2.24. The van der Waals surface area contributed by atoms with E-state index < -0.39 is 0 Å². The van der Waals surface area contributed by atoms with Crippen molar-refractivity contribution in [1.29, 1.82) is 0 Å². The molecule has 0 bridgehead atoms. The number of fused-ring (bicyclic) bond motifs is 1. The van der Waals surface area contributed by atoms with E-state index >= 15 is 0 Å². The summed E-state index contributed by atoms with van der Waals surface area (Å²) in [5.41, 5.74) is 3.11. The molecule has 0 radical (unpaired) electrons. The number of carbonyl (C=O) groups is 1. The molecule has 23 heavy (non-hydrogen) atoms. The maximum Gasteiger partial charge on any atom is 0.233 e. The van der Waals surface area contributed by atoms with E-state index in [0.29, 0.717) is 6.42 Å². The lowest BCUT2D eigenvalue weighted by atomic mass is 10.0. The lowest BCUT2D eigenvalue weighted by molar-refractivity contribution is -0.121. The molecule has 3 nitrogen and oxygen atoms in total. The van der Waals surface area contributed by atoms with E-state index in [9.17, 15) is 4.79 Å². The fourth-order valence-electron chi connectivity index (χ4n) is 2.55. The van der Waals surface area contributed by atoms with E-state index in [0.717, 1.165) is 20.9 Å². The minimum absolute atomic E-state index is 0.0915. The van der Waals surface area contributed by atoms with Gasteiger partial charge in [-0.05, 0) is 79.6 Å². The molecule has 0 saturated heterocycles. The standard InChI is InChI=1S/C18H23BrN2OS/c1-11-6-12(7-13-9-14(19)10-20-16(11)13)8-15(23-5)17(22)21-18(2,3)4/h6-7,9-10,15H,8H2,1-5H3,(H,21,22). The minimum Gasteiger partial charge on any atom is -0.351 e. The number of pyridine rings is 1. The van der Waals surface area contributed by atoms with Crippen LogP contribution in [0.25, 0.3) is 10.9 Å². The summed E-state index contributed by atoms with van der Waals surface area (Å²) in [5.74, 6) is 0.0927. The van der Waals surface area contributed by atoms with Gasteiger partial charge in [-0.1, -0.05) is 6.07 Å². The normalized spacial score (nSPS) is 13.1. The highest BCUT2D eigenvalue weighted by molar-refractivity contribution is 9.10. The Hall–Kier alpha value is -1.07. The van der Waals surface area contributed by atoms with Crippen molar-refractivity contribution < 1.29 is 4.79 Å². The molecular formula is C18H23BrN2OS. The summed E-state index contributed by atoms with van der Waals surface area (Å²) in [7, 11) is 0. The monoisotopic (exact) mass is 394 g/mol. The fraction of sp³-hybridized carbons (Fsp3) is 0.444. The zero-order valence-electron chi connectivity index (χ0n) is 14.2. The molecule has 1 atom stereocenters. The molecule has 2 rings (SSSR count). The summed E-state index contributed by atoms with van der Waals surface area (Å²) < 4.78 is 0.966. The van der Waals surface area contributed by atoms with E-state index in [4.69, 9.17) is 0 Å². The zero-order valence-corrected chi connectivity index (χ0v) is 16.6. The summed E-state index contributed by atoms with van der Waals surface area (Å²) >= 11 is 5.06. The van der Waals surface area contributed by atoms with Crippen molar-refractivity contribution >= 4 is 44.5 Å². The van der Waals surface area contributed by atoms with Gasteiger partial charge in [-0.2, -0.15) is 11.8 Å². The van der Waals surface area contributed by atoms with E-state index in [1.807, 2.05) is 33.2 Å². The van der Waals surface area contributed by atoms with Gasteiger partial charge in [-0.3, -0.25) is 9.78 Å². The maximum absolute atomic E-state index is 12.4. The smallest absolute Gasteiger partial charge is 0.233 e. The molecule has 2 aromatic rings. The quantitative estimate of drug-likeness (QED) is 0.829. The second-order valence-corrected chi connectivity index (χ2v) is 8.76. The topological polar surface area (TPSA) is 42.0 Å². The van der Waals surface area contributed by atoms with Crippen LogP contribution in [0, 0.1) is 6.92 Å². The zero-order chi connectivity index (χ0) is 17.2. The molecule has 0 spiro atoms. The summed E-state index contributed by atoms with van der Waals surface area (Å²) in [4.78, 5) is 16.9. The number of rotatable bonds is 4. The third-order valence-corrected chi connectivity index (χ3v) is 4.88. The molecular weight excluding hydrogens is 372 g/mol. The van der Waals surface area contributed by atoms with Gasteiger partial charge in [0.1, 0.15) is 0 Å². The van der Waals surface area contributed by atoms with Gasteiger partial charge < -0.3 is 5.32 Å². The number of thioether (sulfide) groups is 1. The Bertz CT molecular complexity index is 725. The number of aromatic nitrogens is 1. The van der Waals surface area contributed by atoms with Crippen LogP contribution in [0.4, 0.5) is 0 Å². The molecule has 1 heterocycles. The Labute approximate surface area is 150 Å². The Morgan fingerprint density at radius 2 is 2.04 bits per heavy atom. The number of aryl methyl sites for hydroxylation is 1. The molecule has 0 saturated carbocycles. The van der Waals surface area contributed by atoms with Crippen LogP contribution < -0.4 is 5.32 Å². The molecule has 1 aromatic heterocycles. The number of amides is 1. The number of halogens is 1. The van der Waals surface area contributed by atoms with Crippen LogP contribution in [-0.2, 0) is 11.2 Å². The minimum atomic E-state index is -0.209. The molecule has 1 aromatic carbocycles. The van der Waals surface area contributed by atoms with Crippen molar-refractivity contribution in [2.75, 3.05) is 6.26 Å². The highest BCUT2D eigenvalue weighted by Gasteiger charge is 2.22. The van der Waals surface area contributed by atoms with E-state index in [-0.39, 0.29) is 16.7 Å². The first-order chi connectivity index (χ1) is 10.7. The first-order valence-electron chi connectivity index (χ1n) is 7.59. The van der Waals surface area contributed by atoms with Crippen LogP contribution in [0.2, 0.25) is 0 Å². The van der Waals surface area contributed by atoms with E-state index in [1.165, 1.54) is 5.56 Å². The molecule has 0 aliphatic rings. The molecule has 124 valence electrons. The van der Waals surface area contributed by atoms with Crippen LogP contribution in [-0.4, -0.2) is 27.9 Å². The SMILES string of the molecule is CSC(Cc1cc(C)c2ncc(Br)cc2c1)C(=O)NC(C)(C)C. The molecule has 0 fully saturated rings. The van der Waals surface area contributed by atoms with Crippen molar-refractivity contribution in [2.24, 2.45) is 0 Å². The van der Waals surface area contributed by atoms with Crippen LogP contribution in [0.15, 0.2) is 28.9 Å². The van der Waals surface area contributed by atoms with E-state index in [1.54, 1.807) is 11.8 Å². The predicted octanol–water partition coefficient (Wildman–Crippen LogP) is 4.49. The molecule has 5 heteroatoms. The van der Waals surface area contributed by atoms with Crippen molar-refractivity contribution in [1.82, 2.24) is 10.3 Å². The number of carbonyl (C=O) groups excluding carboxylic acids is 1. The summed E-state index contributed by atoms with van der Waals surface area (Å²) in [6, 6.07) is 6.34. The van der Waals surface area contributed by atoms with Gasteiger partial charge in [0.15, 0.2) is 0 Å². The lowest BCUT2D eigenvalue weighted by Crippen LogP contribution is -2.45. The van der Waals surface area contributed by atoms with Gasteiger partial charge in [-0.25, -0.2) is 0 Å². The summed E-state index contributed by atoms with van der Waals surface area (Å²) in [5, 5.41) is 4.08. The van der Waals surface area contributed by atoms with Crippen LogP contribution in [0.1, 0.15) is 31.9 Å². The van der Waals surface area contributed by atoms with Gasteiger partial charge in [0.25, 0.3) is 0 Å².